The first-order chi connectivity index (χ1) is 10.3. The Morgan fingerprint density at radius 2 is 1.86 bits per heavy atom. The smallest absolute Gasteiger partial charge is 0.275 e. The van der Waals surface area contributed by atoms with Gasteiger partial charge in [0.1, 0.15) is 0 Å². The molecule has 0 radical (unpaired) electrons. The van der Waals surface area contributed by atoms with Gasteiger partial charge in [0, 0.05) is 10.7 Å². The number of aromatic nitrogens is 2. The number of nitrogens with one attached hydrogen (secondary N) is 1. The standard InChI is InChI=1S/C13H11Cl2N3O3S/c1-2-22(20,21)13-16-7-10(15)11(18-13)12(19)17-9-5-3-8(14)4-6-9/h3-7H,2H2,1H3,(H,17,19). The zero-order chi connectivity index (χ0) is 16.3. The first-order valence-electron chi connectivity index (χ1n) is 6.15. The maximum atomic E-state index is 12.2. The lowest BCUT2D eigenvalue weighted by Gasteiger charge is -2.07. The Morgan fingerprint density at radius 3 is 2.45 bits per heavy atom. The third-order valence-corrected chi connectivity index (χ3v) is 4.74. The average molecular weight is 360 g/mol. The van der Waals surface area contributed by atoms with Gasteiger partial charge < -0.3 is 5.32 Å². The minimum absolute atomic E-state index is 0.0403. The highest BCUT2D eigenvalue weighted by molar-refractivity contribution is 7.91. The average Bonchev–Trinajstić information content (AvgIpc) is 2.49. The van der Waals surface area contributed by atoms with Crippen molar-refractivity contribution in [1.82, 2.24) is 9.97 Å². The number of anilines is 1. The lowest BCUT2D eigenvalue weighted by molar-refractivity contribution is 0.102. The van der Waals surface area contributed by atoms with Crippen LogP contribution in [0.15, 0.2) is 35.6 Å². The minimum Gasteiger partial charge on any atom is -0.321 e. The van der Waals surface area contributed by atoms with Gasteiger partial charge in [-0.1, -0.05) is 30.1 Å². The van der Waals surface area contributed by atoms with Crippen LogP contribution in [0.2, 0.25) is 10.0 Å². The molecule has 116 valence electrons. The number of benzene rings is 1. The van der Waals surface area contributed by atoms with Gasteiger partial charge in [0.15, 0.2) is 5.69 Å². The summed E-state index contributed by atoms with van der Waals surface area (Å²) in [7, 11) is -3.63. The maximum Gasteiger partial charge on any atom is 0.275 e. The molecule has 1 aromatic heterocycles. The predicted molar refractivity (Wildman–Crippen MR) is 84.2 cm³/mol. The first kappa shape index (κ1) is 16.7. The molecule has 0 aliphatic rings. The van der Waals surface area contributed by atoms with Crippen molar-refractivity contribution in [2.45, 2.75) is 12.1 Å². The van der Waals surface area contributed by atoms with Gasteiger partial charge in [0.25, 0.3) is 5.91 Å². The lowest BCUT2D eigenvalue weighted by atomic mass is 10.3. The molecule has 0 bridgehead atoms. The molecule has 0 fully saturated rings. The van der Waals surface area contributed by atoms with Crippen molar-refractivity contribution in [3.63, 3.8) is 0 Å². The van der Waals surface area contributed by atoms with E-state index in [2.05, 4.69) is 15.3 Å². The van der Waals surface area contributed by atoms with Crippen LogP contribution in [0.5, 0.6) is 0 Å². The Bertz CT molecular complexity index is 808. The first-order valence-corrected chi connectivity index (χ1v) is 8.56. The largest absolute Gasteiger partial charge is 0.321 e. The number of nitrogens with zero attached hydrogens (tertiary/aromatic N) is 2. The van der Waals surface area contributed by atoms with Gasteiger partial charge in [-0.15, -0.1) is 0 Å². The number of rotatable bonds is 4. The van der Waals surface area contributed by atoms with Crippen LogP contribution < -0.4 is 5.32 Å². The van der Waals surface area contributed by atoms with Crippen LogP contribution in [-0.4, -0.2) is 30.0 Å². The fourth-order valence-corrected chi connectivity index (χ4v) is 2.52. The van der Waals surface area contributed by atoms with E-state index in [4.69, 9.17) is 23.2 Å². The second-order valence-corrected chi connectivity index (χ2v) is 7.23. The van der Waals surface area contributed by atoms with Gasteiger partial charge in [-0.2, -0.15) is 0 Å². The summed E-state index contributed by atoms with van der Waals surface area (Å²) >= 11 is 11.6. The zero-order valence-electron chi connectivity index (χ0n) is 11.4. The number of sulfone groups is 1. The molecule has 0 saturated carbocycles. The van der Waals surface area contributed by atoms with E-state index in [1.165, 1.54) is 6.92 Å². The molecular weight excluding hydrogens is 349 g/mol. The van der Waals surface area contributed by atoms with Gasteiger partial charge in [-0.05, 0) is 24.3 Å². The van der Waals surface area contributed by atoms with E-state index in [9.17, 15) is 13.2 Å². The highest BCUT2D eigenvalue weighted by atomic mass is 35.5. The van der Waals surface area contributed by atoms with Crippen LogP contribution in [0.25, 0.3) is 0 Å². The normalized spacial score (nSPS) is 11.2. The van der Waals surface area contributed by atoms with Crippen molar-refractivity contribution >= 4 is 44.6 Å². The quantitative estimate of drug-likeness (QED) is 0.847. The second kappa shape index (κ2) is 6.60. The number of halogens is 2. The maximum absolute atomic E-state index is 12.2. The van der Waals surface area contributed by atoms with Crippen molar-refractivity contribution in [2.24, 2.45) is 0 Å². The van der Waals surface area contributed by atoms with Crippen molar-refractivity contribution in [3.05, 3.63) is 46.2 Å². The van der Waals surface area contributed by atoms with Crippen LogP contribution in [0.1, 0.15) is 17.4 Å². The van der Waals surface area contributed by atoms with Crippen LogP contribution >= 0.6 is 23.2 Å². The van der Waals surface area contributed by atoms with E-state index in [0.29, 0.717) is 10.7 Å². The van der Waals surface area contributed by atoms with E-state index in [1.54, 1.807) is 24.3 Å². The minimum atomic E-state index is -3.63. The summed E-state index contributed by atoms with van der Waals surface area (Å²) in [6, 6.07) is 6.40. The molecule has 2 aromatic rings. The molecule has 0 saturated heterocycles. The number of hydrogen-bond donors (Lipinski definition) is 1. The van der Waals surface area contributed by atoms with Gasteiger partial charge in [0.2, 0.25) is 15.0 Å². The van der Waals surface area contributed by atoms with Gasteiger partial charge in [0.05, 0.1) is 17.0 Å². The summed E-state index contributed by atoms with van der Waals surface area (Å²) in [4.78, 5) is 19.6. The Kier molecular flexibility index (Phi) is 5.00. The Labute approximate surface area is 137 Å². The molecule has 6 nitrogen and oxygen atoms in total. The van der Waals surface area contributed by atoms with Crippen molar-refractivity contribution in [1.29, 1.82) is 0 Å². The summed E-state index contributed by atoms with van der Waals surface area (Å²) < 4.78 is 23.5. The Hall–Kier alpha value is -1.70. The summed E-state index contributed by atoms with van der Waals surface area (Å²) in [5.74, 6) is -0.811. The summed E-state index contributed by atoms with van der Waals surface area (Å²) in [5.41, 5.74) is 0.266. The molecule has 0 unspecified atom stereocenters. The van der Waals surface area contributed by atoms with Crippen LogP contribution in [0.3, 0.4) is 0 Å². The highest BCUT2D eigenvalue weighted by Gasteiger charge is 2.20. The second-order valence-electron chi connectivity index (χ2n) is 4.21. The fourth-order valence-electron chi connectivity index (χ4n) is 1.51. The lowest BCUT2D eigenvalue weighted by Crippen LogP contribution is -2.18. The molecular formula is C13H11Cl2N3O3S. The number of carbonyl (C=O) groups excluding carboxylic acids is 1. The third kappa shape index (κ3) is 3.73. The van der Waals surface area contributed by atoms with E-state index in [-0.39, 0.29) is 16.5 Å². The SMILES string of the molecule is CCS(=O)(=O)c1ncc(Cl)c(C(=O)Nc2ccc(Cl)cc2)n1. The van der Waals surface area contributed by atoms with E-state index in [1.807, 2.05) is 0 Å². The monoisotopic (exact) mass is 359 g/mol. The number of carbonyl (C=O) groups is 1. The molecule has 0 aliphatic heterocycles. The molecule has 1 aromatic carbocycles. The molecule has 0 aliphatic carbocycles. The zero-order valence-corrected chi connectivity index (χ0v) is 13.7. The van der Waals surface area contributed by atoms with Gasteiger partial charge >= 0.3 is 0 Å². The number of amides is 1. The molecule has 9 heteroatoms. The van der Waals surface area contributed by atoms with Crippen molar-refractivity contribution in [3.8, 4) is 0 Å². The van der Waals surface area contributed by atoms with E-state index < -0.39 is 20.9 Å². The van der Waals surface area contributed by atoms with Crippen molar-refractivity contribution < 1.29 is 13.2 Å². The van der Waals surface area contributed by atoms with Crippen LogP contribution in [-0.2, 0) is 9.84 Å². The molecule has 0 atom stereocenters. The topological polar surface area (TPSA) is 89.0 Å². The number of hydrogen-bond acceptors (Lipinski definition) is 5. The van der Waals surface area contributed by atoms with E-state index in [0.717, 1.165) is 6.20 Å². The van der Waals surface area contributed by atoms with Crippen molar-refractivity contribution in [2.75, 3.05) is 11.1 Å². The van der Waals surface area contributed by atoms with Crippen LogP contribution in [0.4, 0.5) is 5.69 Å². The molecule has 0 spiro atoms. The van der Waals surface area contributed by atoms with E-state index >= 15 is 0 Å². The third-order valence-electron chi connectivity index (χ3n) is 2.70. The Balaban J connectivity index is 2.33. The highest BCUT2D eigenvalue weighted by Crippen LogP contribution is 2.18. The molecule has 1 amide bonds. The molecule has 1 N–H and O–H groups in total. The molecule has 1 heterocycles. The summed E-state index contributed by atoms with van der Waals surface area (Å²) in [6.07, 6.45) is 1.09. The van der Waals surface area contributed by atoms with Gasteiger partial charge in [-0.3, -0.25) is 4.79 Å². The van der Waals surface area contributed by atoms with Crippen LogP contribution in [0, 0.1) is 0 Å². The fraction of sp³-hybridized carbons (Fsp3) is 0.154. The van der Waals surface area contributed by atoms with Gasteiger partial charge in [-0.25, -0.2) is 18.4 Å². The summed E-state index contributed by atoms with van der Waals surface area (Å²) in [6.45, 7) is 1.46. The molecule has 22 heavy (non-hydrogen) atoms. The summed E-state index contributed by atoms with van der Waals surface area (Å²) in [5, 5.41) is 2.61. The molecule has 2 rings (SSSR count). The predicted octanol–water partition coefficient (Wildman–Crippen LogP) is 2.83. The Morgan fingerprint density at radius 1 is 1.23 bits per heavy atom.